The predicted octanol–water partition coefficient (Wildman–Crippen LogP) is 5.07. The second-order valence-corrected chi connectivity index (χ2v) is 8.26. The number of carbonyl (C=O) groups is 1. The molecule has 2 heterocycles. The molecule has 208 valence electrons. The van der Waals surface area contributed by atoms with Crippen molar-refractivity contribution in [2.24, 2.45) is 0 Å². The molecule has 2 amide bonds. The number of nitrogens with one attached hydrogen (secondary N) is 2. The second kappa shape index (κ2) is 11.2. The average Bonchev–Trinajstić information content (AvgIpc) is 2.87. The average molecular weight is 559 g/mol. The number of hydrogen-bond donors (Lipinski definition) is 2. The third-order valence-electron chi connectivity index (χ3n) is 5.34. The highest BCUT2D eigenvalue weighted by Gasteiger charge is 2.31. The lowest BCUT2D eigenvalue weighted by molar-refractivity contribution is -0.154. The molecule has 1 fully saturated rings. The van der Waals surface area contributed by atoms with Gasteiger partial charge in [0.15, 0.2) is 6.61 Å². The van der Waals surface area contributed by atoms with Crippen LogP contribution in [0.15, 0.2) is 48.5 Å². The number of alkyl halides is 6. The molecule has 1 aromatic heterocycles. The second-order valence-electron chi connectivity index (χ2n) is 8.26. The predicted molar refractivity (Wildman–Crippen MR) is 125 cm³/mol. The summed E-state index contributed by atoms with van der Waals surface area (Å²) in [6, 6.07) is 8.23. The van der Waals surface area contributed by atoms with Gasteiger partial charge >= 0.3 is 24.4 Å². The number of hydrogen-bond acceptors (Lipinski definition) is 7. The maximum atomic E-state index is 13.4. The topological polar surface area (TPSA) is 95.5 Å². The zero-order valence-electron chi connectivity index (χ0n) is 19.9. The fourth-order valence-corrected chi connectivity index (χ4v) is 3.53. The maximum Gasteiger partial charge on any atom is 0.422 e. The number of piperazine rings is 1. The summed E-state index contributed by atoms with van der Waals surface area (Å²) >= 11 is 0. The van der Waals surface area contributed by atoms with Crippen molar-refractivity contribution in [1.82, 2.24) is 19.9 Å². The van der Waals surface area contributed by atoms with Crippen LogP contribution in [0.2, 0.25) is 0 Å². The molecule has 1 saturated heterocycles. The molecule has 0 radical (unpaired) electrons. The Morgan fingerprint density at radius 1 is 0.897 bits per heavy atom. The number of halogens is 7. The minimum atomic E-state index is -4.69. The first kappa shape index (κ1) is 27.7. The third kappa shape index (κ3) is 7.81. The molecular formula is C23H20F7N7O2. The summed E-state index contributed by atoms with van der Waals surface area (Å²) in [5, 5.41) is 5.11. The van der Waals surface area contributed by atoms with Gasteiger partial charge in [-0.3, -0.25) is 0 Å². The number of rotatable bonds is 6. The summed E-state index contributed by atoms with van der Waals surface area (Å²) < 4.78 is 95.3. The summed E-state index contributed by atoms with van der Waals surface area (Å²) in [6.07, 6.45) is -9.31. The molecule has 1 aliphatic heterocycles. The van der Waals surface area contributed by atoms with Gasteiger partial charge in [-0.1, -0.05) is 12.1 Å². The van der Waals surface area contributed by atoms with Crippen molar-refractivity contribution in [3.63, 3.8) is 0 Å². The van der Waals surface area contributed by atoms with Gasteiger partial charge in [-0.15, -0.1) is 0 Å². The van der Waals surface area contributed by atoms with E-state index in [0.717, 1.165) is 24.3 Å². The van der Waals surface area contributed by atoms with Crippen molar-refractivity contribution >= 4 is 29.3 Å². The molecule has 2 aromatic carbocycles. The molecule has 3 aromatic rings. The Balaban J connectivity index is 1.49. The van der Waals surface area contributed by atoms with E-state index in [2.05, 4.69) is 30.3 Å². The first-order valence-corrected chi connectivity index (χ1v) is 11.3. The van der Waals surface area contributed by atoms with Crippen molar-refractivity contribution in [2.45, 2.75) is 12.4 Å². The molecule has 2 N–H and O–H groups in total. The highest BCUT2D eigenvalue weighted by molar-refractivity contribution is 5.89. The maximum absolute atomic E-state index is 13.4. The van der Waals surface area contributed by atoms with Crippen LogP contribution in [0, 0.1) is 5.82 Å². The third-order valence-corrected chi connectivity index (χ3v) is 5.34. The first-order chi connectivity index (χ1) is 18.4. The fourth-order valence-electron chi connectivity index (χ4n) is 3.53. The quantitative estimate of drug-likeness (QED) is 0.408. The van der Waals surface area contributed by atoms with Crippen LogP contribution in [0.3, 0.4) is 0 Å². The number of nitrogens with zero attached hydrogens (tertiary/aromatic N) is 5. The molecule has 9 nitrogen and oxygen atoms in total. The van der Waals surface area contributed by atoms with Gasteiger partial charge in [0.2, 0.25) is 11.9 Å². The summed E-state index contributed by atoms with van der Waals surface area (Å²) in [4.78, 5) is 27.3. The molecule has 0 spiro atoms. The van der Waals surface area contributed by atoms with E-state index in [1.54, 1.807) is 4.90 Å². The number of benzene rings is 2. The van der Waals surface area contributed by atoms with Gasteiger partial charge < -0.3 is 25.2 Å². The molecule has 0 unspecified atom stereocenters. The lowest BCUT2D eigenvalue weighted by Crippen LogP contribution is -2.50. The highest BCUT2D eigenvalue weighted by Crippen LogP contribution is 2.31. The van der Waals surface area contributed by atoms with E-state index in [1.807, 2.05) is 0 Å². The van der Waals surface area contributed by atoms with Crippen molar-refractivity contribution in [3.8, 4) is 6.01 Å². The molecule has 0 aliphatic carbocycles. The van der Waals surface area contributed by atoms with E-state index in [-0.39, 0.29) is 49.5 Å². The molecule has 0 saturated carbocycles. The van der Waals surface area contributed by atoms with Crippen molar-refractivity contribution in [1.29, 1.82) is 0 Å². The lowest BCUT2D eigenvalue weighted by atomic mass is 10.2. The van der Waals surface area contributed by atoms with Crippen LogP contribution in [0.25, 0.3) is 0 Å². The standard InChI is InChI=1S/C23H20F7N7O2/c24-15-4-2-6-17(12-15)32-21(38)37-9-7-36(8-10-37)19-33-18(34-20(35-19)39-13-22(25,26)27)31-16-5-1-3-14(11-16)23(28,29)30/h1-6,11-12H,7-10,13H2,(H,32,38)(H,31,33,34,35). The number of urea groups is 1. The SMILES string of the molecule is O=C(Nc1cccc(F)c1)N1CCN(c2nc(Nc3cccc(C(F)(F)F)c3)nc(OCC(F)(F)F)n2)CC1. The first-order valence-electron chi connectivity index (χ1n) is 11.3. The normalized spacial score (nSPS) is 14.2. The minimum absolute atomic E-state index is 0.0671. The van der Waals surface area contributed by atoms with Gasteiger partial charge in [-0.05, 0) is 36.4 Å². The zero-order valence-corrected chi connectivity index (χ0v) is 19.9. The Bertz CT molecular complexity index is 1310. The van der Waals surface area contributed by atoms with E-state index >= 15 is 0 Å². The lowest BCUT2D eigenvalue weighted by Gasteiger charge is -2.34. The molecule has 4 rings (SSSR count). The van der Waals surface area contributed by atoms with Crippen LogP contribution >= 0.6 is 0 Å². The Kier molecular flexibility index (Phi) is 7.92. The van der Waals surface area contributed by atoms with Crippen molar-refractivity contribution < 1.29 is 40.3 Å². The summed E-state index contributed by atoms with van der Waals surface area (Å²) in [7, 11) is 0. The number of amides is 2. The van der Waals surface area contributed by atoms with E-state index in [9.17, 15) is 35.5 Å². The van der Waals surface area contributed by atoms with E-state index in [1.165, 1.54) is 29.2 Å². The summed E-state index contributed by atoms with van der Waals surface area (Å²) in [5.74, 6) is -0.977. The van der Waals surface area contributed by atoms with Crippen LogP contribution in [-0.4, -0.2) is 64.8 Å². The van der Waals surface area contributed by atoms with Crippen LogP contribution in [0.5, 0.6) is 6.01 Å². The molecule has 16 heteroatoms. The Hall–Kier alpha value is -4.37. The smallest absolute Gasteiger partial charge is 0.422 e. The van der Waals surface area contributed by atoms with E-state index in [0.29, 0.717) is 0 Å². The van der Waals surface area contributed by atoms with Crippen LogP contribution in [0.4, 0.5) is 58.8 Å². The van der Waals surface area contributed by atoms with Crippen LogP contribution < -0.4 is 20.3 Å². The molecule has 1 aliphatic rings. The monoisotopic (exact) mass is 559 g/mol. The zero-order chi connectivity index (χ0) is 28.2. The van der Waals surface area contributed by atoms with Crippen molar-refractivity contribution in [3.05, 3.63) is 59.9 Å². The summed E-state index contributed by atoms with van der Waals surface area (Å²) in [6.45, 7) is -1.08. The Labute approximate surface area is 216 Å². The number of aromatic nitrogens is 3. The molecular weight excluding hydrogens is 539 g/mol. The Morgan fingerprint density at radius 3 is 2.26 bits per heavy atom. The molecule has 0 atom stereocenters. The van der Waals surface area contributed by atoms with E-state index in [4.69, 9.17) is 0 Å². The van der Waals surface area contributed by atoms with Crippen LogP contribution in [-0.2, 0) is 6.18 Å². The van der Waals surface area contributed by atoms with Gasteiger partial charge in [-0.25, -0.2) is 9.18 Å². The molecule has 39 heavy (non-hydrogen) atoms. The molecule has 0 bridgehead atoms. The van der Waals surface area contributed by atoms with Gasteiger partial charge in [0.25, 0.3) is 0 Å². The Morgan fingerprint density at radius 2 is 1.59 bits per heavy atom. The summed E-state index contributed by atoms with van der Waals surface area (Å²) in [5.41, 5.74) is -0.762. The number of carbonyl (C=O) groups excluding carboxylic acids is 1. The number of ether oxygens (including phenoxy) is 1. The van der Waals surface area contributed by atoms with Gasteiger partial charge in [0.05, 0.1) is 5.56 Å². The fraction of sp³-hybridized carbons (Fsp3) is 0.304. The highest BCUT2D eigenvalue weighted by atomic mass is 19.4. The van der Waals surface area contributed by atoms with Gasteiger partial charge in [0.1, 0.15) is 5.82 Å². The van der Waals surface area contributed by atoms with Crippen LogP contribution in [0.1, 0.15) is 5.56 Å². The van der Waals surface area contributed by atoms with Gasteiger partial charge in [0, 0.05) is 37.6 Å². The minimum Gasteiger partial charge on any atom is -0.454 e. The van der Waals surface area contributed by atoms with E-state index < -0.39 is 42.4 Å². The number of anilines is 4. The van der Waals surface area contributed by atoms with Crippen molar-refractivity contribution in [2.75, 3.05) is 48.3 Å². The largest absolute Gasteiger partial charge is 0.454 e. The van der Waals surface area contributed by atoms with Gasteiger partial charge in [-0.2, -0.15) is 41.3 Å².